The van der Waals surface area contributed by atoms with Crippen molar-refractivity contribution in [1.29, 1.82) is 0 Å². The van der Waals surface area contributed by atoms with E-state index in [0.717, 1.165) is 61.4 Å². The third kappa shape index (κ3) is 5.12. The number of furan rings is 1. The maximum Gasteiger partial charge on any atom is 0.136 e. The van der Waals surface area contributed by atoms with Crippen LogP contribution in [0.15, 0.2) is 199 Å². The summed E-state index contributed by atoms with van der Waals surface area (Å²) in [6.45, 7) is 4.73. The minimum Gasteiger partial charge on any atom is -0.456 e. The third-order valence-electron chi connectivity index (χ3n) is 11.7. The van der Waals surface area contributed by atoms with Gasteiger partial charge in [-0.25, -0.2) is 0 Å². The van der Waals surface area contributed by atoms with Crippen molar-refractivity contribution in [2.45, 2.75) is 19.3 Å². The Labute approximate surface area is 326 Å². The zero-order valence-electron chi connectivity index (χ0n) is 31.3. The molecule has 0 fully saturated rings. The van der Waals surface area contributed by atoms with Gasteiger partial charge in [0.25, 0.3) is 0 Å². The highest BCUT2D eigenvalue weighted by atomic mass is 16.3. The van der Waals surface area contributed by atoms with E-state index in [1.165, 1.54) is 38.4 Å². The summed E-state index contributed by atoms with van der Waals surface area (Å²) in [4.78, 5) is 4.64. The number of fused-ring (bicyclic) bond motifs is 8. The van der Waals surface area contributed by atoms with Crippen molar-refractivity contribution < 1.29 is 4.42 Å². The molecule has 10 aromatic rings. The van der Waals surface area contributed by atoms with Crippen LogP contribution in [0.1, 0.15) is 25.0 Å². The van der Waals surface area contributed by atoms with Crippen molar-refractivity contribution in [1.82, 2.24) is 0 Å². The van der Waals surface area contributed by atoms with Crippen LogP contribution < -0.4 is 9.80 Å². The molecule has 56 heavy (non-hydrogen) atoms. The average molecular weight is 719 g/mol. The minimum absolute atomic E-state index is 0.185. The van der Waals surface area contributed by atoms with Crippen LogP contribution in [-0.2, 0) is 5.41 Å². The molecule has 0 bridgehead atoms. The molecule has 1 aliphatic rings. The first-order chi connectivity index (χ1) is 27.5. The first-order valence-electron chi connectivity index (χ1n) is 19.3. The molecular formula is C53H38N2O. The van der Waals surface area contributed by atoms with E-state index >= 15 is 0 Å². The van der Waals surface area contributed by atoms with Crippen molar-refractivity contribution in [3.8, 4) is 11.1 Å². The molecule has 0 saturated carbocycles. The fraction of sp³-hybridized carbons (Fsp3) is 0.0566. The monoisotopic (exact) mass is 718 g/mol. The molecule has 0 unspecified atom stereocenters. The Kier molecular flexibility index (Phi) is 7.20. The molecule has 9 aromatic carbocycles. The van der Waals surface area contributed by atoms with E-state index < -0.39 is 0 Å². The van der Waals surface area contributed by atoms with Gasteiger partial charge in [0.1, 0.15) is 11.2 Å². The standard InChI is InChI=1S/C53H38N2O/c1-53(2)49-31-37-27-43(54(39-15-7-3-8-16-39)40-17-9-4-10-18-40)25-23-35(37)29-45(49)46-34-52-48(33-50(46)53)47-30-36-24-26-44(28-38(36)32-51(47)56-52)55(41-19-11-5-12-20-41)42-21-13-6-14-22-42/h3-34H,1-2H3. The number of hydrogen-bond acceptors (Lipinski definition) is 3. The molecule has 11 rings (SSSR count). The first kappa shape index (κ1) is 32.3. The number of anilines is 6. The largest absolute Gasteiger partial charge is 0.456 e. The highest BCUT2D eigenvalue weighted by Crippen LogP contribution is 2.52. The van der Waals surface area contributed by atoms with Crippen LogP contribution >= 0.6 is 0 Å². The molecule has 266 valence electrons. The van der Waals surface area contributed by atoms with E-state index in [2.05, 4.69) is 218 Å². The Morgan fingerprint density at radius 2 is 0.750 bits per heavy atom. The lowest BCUT2D eigenvalue weighted by Gasteiger charge is -2.26. The maximum absolute atomic E-state index is 6.73. The van der Waals surface area contributed by atoms with Gasteiger partial charge in [-0.1, -0.05) is 98.8 Å². The van der Waals surface area contributed by atoms with E-state index in [1.54, 1.807) is 0 Å². The van der Waals surface area contributed by atoms with Gasteiger partial charge in [-0.15, -0.1) is 0 Å². The van der Waals surface area contributed by atoms with Crippen molar-refractivity contribution >= 4 is 77.6 Å². The van der Waals surface area contributed by atoms with E-state index in [-0.39, 0.29) is 5.41 Å². The van der Waals surface area contributed by atoms with Crippen molar-refractivity contribution in [2.24, 2.45) is 0 Å². The number of para-hydroxylation sites is 4. The molecule has 0 radical (unpaired) electrons. The number of benzene rings is 9. The zero-order valence-corrected chi connectivity index (χ0v) is 31.3. The van der Waals surface area contributed by atoms with Gasteiger partial charge in [0.05, 0.1) is 0 Å². The highest BCUT2D eigenvalue weighted by Gasteiger charge is 2.37. The summed E-state index contributed by atoms with van der Waals surface area (Å²) in [5, 5.41) is 7.10. The van der Waals surface area contributed by atoms with Crippen LogP contribution in [0.4, 0.5) is 34.1 Å². The van der Waals surface area contributed by atoms with Gasteiger partial charge < -0.3 is 14.2 Å². The summed E-state index contributed by atoms with van der Waals surface area (Å²) in [6.07, 6.45) is 0. The zero-order chi connectivity index (χ0) is 37.4. The van der Waals surface area contributed by atoms with Gasteiger partial charge >= 0.3 is 0 Å². The van der Waals surface area contributed by atoms with Gasteiger partial charge in [-0.2, -0.15) is 0 Å². The lowest BCUT2D eigenvalue weighted by Crippen LogP contribution is -2.15. The molecule has 0 saturated heterocycles. The molecule has 1 heterocycles. The number of hydrogen-bond donors (Lipinski definition) is 0. The fourth-order valence-corrected chi connectivity index (χ4v) is 8.94. The molecular weight excluding hydrogens is 681 g/mol. The van der Waals surface area contributed by atoms with Gasteiger partial charge in [-0.3, -0.25) is 0 Å². The Morgan fingerprint density at radius 1 is 0.339 bits per heavy atom. The van der Waals surface area contributed by atoms with Crippen molar-refractivity contribution in [3.05, 3.63) is 205 Å². The summed E-state index contributed by atoms with van der Waals surface area (Å²) in [6, 6.07) is 69.9. The summed E-state index contributed by atoms with van der Waals surface area (Å²) < 4.78 is 6.73. The predicted molar refractivity (Wildman–Crippen MR) is 236 cm³/mol. The molecule has 3 heteroatoms. The molecule has 3 nitrogen and oxygen atoms in total. The second-order valence-electron chi connectivity index (χ2n) is 15.4. The first-order valence-corrected chi connectivity index (χ1v) is 19.3. The second-order valence-corrected chi connectivity index (χ2v) is 15.4. The van der Waals surface area contributed by atoms with E-state index in [0.29, 0.717) is 0 Å². The molecule has 0 aliphatic heterocycles. The van der Waals surface area contributed by atoms with Crippen molar-refractivity contribution in [2.75, 3.05) is 9.80 Å². The molecule has 1 aliphatic carbocycles. The Hall–Kier alpha value is -7.10. The summed E-state index contributed by atoms with van der Waals surface area (Å²) >= 11 is 0. The van der Waals surface area contributed by atoms with Crippen LogP contribution in [0.5, 0.6) is 0 Å². The fourth-order valence-electron chi connectivity index (χ4n) is 8.94. The number of nitrogens with zero attached hydrogens (tertiary/aromatic N) is 2. The van der Waals surface area contributed by atoms with Crippen LogP contribution in [-0.4, -0.2) is 0 Å². The summed E-state index contributed by atoms with van der Waals surface area (Å²) in [5.41, 5.74) is 13.6. The highest BCUT2D eigenvalue weighted by molar-refractivity contribution is 6.12. The van der Waals surface area contributed by atoms with E-state index in [9.17, 15) is 0 Å². The van der Waals surface area contributed by atoms with Crippen LogP contribution in [0.2, 0.25) is 0 Å². The maximum atomic E-state index is 6.73. The van der Waals surface area contributed by atoms with Crippen molar-refractivity contribution in [3.63, 3.8) is 0 Å². The lowest BCUT2D eigenvalue weighted by molar-refractivity contribution is 0.658. The Morgan fingerprint density at radius 3 is 1.27 bits per heavy atom. The molecule has 0 amide bonds. The van der Waals surface area contributed by atoms with Gasteiger partial charge in [0.2, 0.25) is 0 Å². The van der Waals surface area contributed by atoms with Crippen LogP contribution in [0.25, 0.3) is 54.6 Å². The quantitative estimate of drug-likeness (QED) is 0.171. The lowest BCUT2D eigenvalue weighted by atomic mass is 9.81. The minimum atomic E-state index is -0.185. The Bertz CT molecular complexity index is 3020. The molecule has 0 spiro atoms. The third-order valence-corrected chi connectivity index (χ3v) is 11.7. The van der Waals surface area contributed by atoms with E-state index in [4.69, 9.17) is 4.42 Å². The predicted octanol–water partition coefficient (Wildman–Crippen LogP) is 15.1. The molecule has 0 N–H and O–H groups in total. The second kappa shape index (κ2) is 12.5. The van der Waals surface area contributed by atoms with Crippen LogP contribution in [0.3, 0.4) is 0 Å². The van der Waals surface area contributed by atoms with Gasteiger partial charge in [0.15, 0.2) is 0 Å². The molecule has 1 aromatic heterocycles. The van der Waals surface area contributed by atoms with Crippen LogP contribution in [0, 0.1) is 0 Å². The Balaban J connectivity index is 1.01. The average Bonchev–Trinajstić information content (AvgIpc) is 3.69. The van der Waals surface area contributed by atoms with E-state index in [1.807, 2.05) is 0 Å². The number of rotatable bonds is 6. The van der Waals surface area contributed by atoms with Gasteiger partial charge in [-0.05, 0) is 153 Å². The summed E-state index contributed by atoms with van der Waals surface area (Å²) in [7, 11) is 0. The normalized spacial score (nSPS) is 13.0. The SMILES string of the molecule is CC1(C)c2cc3cc(N(c4ccccc4)c4ccccc4)ccc3cc2-c2cc3oc4cc5cc(N(c6ccccc6)c6ccccc6)ccc5cc4c3cc21. The molecule has 0 atom stereocenters. The topological polar surface area (TPSA) is 19.6 Å². The summed E-state index contributed by atoms with van der Waals surface area (Å²) in [5.74, 6) is 0. The smallest absolute Gasteiger partial charge is 0.136 e. The van der Waals surface area contributed by atoms with Gasteiger partial charge in [0, 0.05) is 50.3 Å².